The van der Waals surface area contributed by atoms with Crippen molar-refractivity contribution < 1.29 is 22.7 Å². The average Bonchev–Trinajstić information content (AvgIpc) is 2.43. The van der Waals surface area contributed by atoms with Gasteiger partial charge in [0.15, 0.2) is 0 Å². The van der Waals surface area contributed by atoms with E-state index >= 15 is 0 Å². The van der Waals surface area contributed by atoms with Gasteiger partial charge in [-0.1, -0.05) is 6.07 Å². The molecule has 4 fully saturated rings. The molecule has 0 saturated heterocycles. The van der Waals surface area contributed by atoms with Gasteiger partial charge in [0.05, 0.1) is 0 Å². The SMILES string of the molecule is O=C(Nc1cccc(OC(F)(F)F)c1)NC12CC3CC(CC(C3)C1)C2. The first kappa shape index (κ1) is 16.5. The van der Waals surface area contributed by atoms with Crippen LogP contribution in [0.4, 0.5) is 23.7 Å². The Kier molecular flexibility index (Phi) is 3.85. The second kappa shape index (κ2) is 5.81. The molecule has 4 nitrogen and oxygen atoms in total. The van der Waals surface area contributed by atoms with Crippen LogP contribution in [0.1, 0.15) is 38.5 Å². The van der Waals surface area contributed by atoms with Gasteiger partial charge in [0.25, 0.3) is 0 Å². The van der Waals surface area contributed by atoms with Crippen molar-refractivity contribution >= 4 is 11.7 Å². The van der Waals surface area contributed by atoms with Gasteiger partial charge >= 0.3 is 12.4 Å². The van der Waals surface area contributed by atoms with E-state index in [1.54, 1.807) is 6.07 Å². The molecule has 4 aliphatic rings. The Labute approximate surface area is 144 Å². The number of ether oxygens (including phenoxy) is 1. The van der Waals surface area contributed by atoms with E-state index in [-0.39, 0.29) is 23.0 Å². The lowest BCUT2D eigenvalue weighted by Gasteiger charge is -2.56. The molecule has 4 aliphatic carbocycles. The predicted molar refractivity (Wildman–Crippen MR) is 86.2 cm³/mol. The third kappa shape index (κ3) is 3.70. The minimum Gasteiger partial charge on any atom is -0.406 e. The van der Waals surface area contributed by atoms with Crippen LogP contribution < -0.4 is 15.4 Å². The van der Waals surface area contributed by atoms with Crippen LogP contribution in [0.25, 0.3) is 0 Å². The molecular weight excluding hydrogens is 333 g/mol. The number of nitrogens with one attached hydrogen (secondary N) is 2. The van der Waals surface area contributed by atoms with Gasteiger partial charge in [-0.25, -0.2) is 4.79 Å². The Bertz CT molecular complexity index is 639. The summed E-state index contributed by atoms with van der Waals surface area (Å²) in [6, 6.07) is 4.98. The van der Waals surface area contributed by atoms with E-state index in [4.69, 9.17) is 0 Å². The third-order valence-corrected chi connectivity index (χ3v) is 5.74. The first-order valence-corrected chi connectivity index (χ1v) is 8.74. The molecule has 0 heterocycles. The molecule has 5 rings (SSSR count). The number of carbonyl (C=O) groups excluding carboxylic acids is 1. The fourth-order valence-electron chi connectivity index (χ4n) is 5.44. The normalized spacial score (nSPS) is 33.2. The van der Waals surface area contributed by atoms with Gasteiger partial charge in [-0.05, 0) is 68.4 Å². The van der Waals surface area contributed by atoms with Gasteiger partial charge in [0, 0.05) is 17.3 Å². The quantitative estimate of drug-likeness (QED) is 0.828. The van der Waals surface area contributed by atoms with Gasteiger partial charge in [-0.3, -0.25) is 0 Å². The Balaban J connectivity index is 1.40. The maximum Gasteiger partial charge on any atom is 0.573 e. The number of urea groups is 1. The number of anilines is 1. The van der Waals surface area contributed by atoms with Gasteiger partial charge in [-0.15, -0.1) is 13.2 Å². The second-order valence-electron chi connectivity index (χ2n) is 7.85. The molecule has 2 N–H and O–H groups in total. The molecule has 0 spiro atoms. The fraction of sp³-hybridized carbons (Fsp3) is 0.611. The molecule has 4 bridgehead atoms. The van der Waals surface area contributed by atoms with Gasteiger partial charge in [0.2, 0.25) is 0 Å². The number of benzene rings is 1. The Morgan fingerprint density at radius 1 is 1.08 bits per heavy atom. The largest absolute Gasteiger partial charge is 0.573 e. The molecule has 1 aromatic carbocycles. The maximum atomic E-state index is 12.4. The van der Waals surface area contributed by atoms with Crippen LogP contribution in [0.15, 0.2) is 24.3 Å². The highest BCUT2D eigenvalue weighted by atomic mass is 19.4. The zero-order chi connectivity index (χ0) is 17.7. The van der Waals surface area contributed by atoms with Crippen LogP contribution >= 0.6 is 0 Å². The maximum absolute atomic E-state index is 12.4. The summed E-state index contributed by atoms with van der Waals surface area (Å²) in [4.78, 5) is 12.4. The molecule has 2 amide bonds. The Hall–Kier alpha value is -1.92. The first-order valence-electron chi connectivity index (χ1n) is 8.74. The van der Waals surface area contributed by atoms with E-state index in [1.165, 1.54) is 37.5 Å². The topological polar surface area (TPSA) is 50.4 Å². The molecular formula is C18H21F3N2O2. The lowest BCUT2D eigenvalue weighted by atomic mass is 9.53. The summed E-state index contributed by atoms with van der Waals surface area (Å²) in [5.74, 6) is 1.76. The van der Waals surface area contributed by atoms with Crippen molar-refractivity contribution in [2.45, 2.75) is 50.4 Å². The third-order valence-electron chi connectivity index (χ3n) is 5.74. The predicted octanol–water partition coefficient (Wildman–Crippen LogP) is 4.68. The van der Waals surface area contributed by atoms with E-state index < -0.39 is 6.36 Å². The van der Waals surface area contributed by atoms with Crippen molar-refractivity contribution in [3.05, 3.63) is 24.3 Å². The molecule has 0 atom stereocenters. The van der Waals surface area contributed by atoms with E-state index in [0.29, 0.717) is 17.8 Å². The Morgan fingerprint density at radius 3 is 2.24 bits per heavy atom. The molecule has 25 heavy (non-hydrogen) atoms. The van der Waals surface area contributed by atoms with Crippen LogP contribution in [0.2, 0.25) is 0 Å². The number of rotatable bonds is 3. The number of hydrogen-bond acceptors (Lipinski definition) is 2. The van der Waals surface area contributed by atoms with Crippen molar-refractivity contribution in [2.75, 3.05) is 5.32 Å². The number of amides is 2. The van der Waals surface area contributed by atoms with Crippen LogP contribution in [0.5, 0.6) is 5.75 Å². The zero-order valence-corrected chi connectivity index (χ0v) is 13.7. The van der Waals surface area contributed by atoms with Gasteiger partial charge < -0.3 is 15.4 Å². The van der Waals surface area contributed by atoms with Crippen LogP contribution in [0.3, 0.4) is 0 Å². The van der Waals surface area contributed by atoms with E-state index in [1.807, 2.05) is 0 Å². The highest BCUT2D eigenvalue weighted by Crippen LogP contribution is 2.55. The molecule has 7 heteroatoms. The summed E-state index contributed by atoms with van der Waals surface area (Å²) in [7, 11) is 0. The molecule has 1 aromatic rings. The van der Waals surface area contributed by atoms with Crippen molar-refractivity contribution in [1.82, 2.24) is 5.32 Å². The number of carbonyl (C=O) groups is 1. The fourth-order valence-corrected chi connectivity index (χ4v) is 5.44. The summed E-state index contributed by atoms with van der Waals surface area (Å²) in [5, 5.41) is 5.77. The molecule has 0 unspecified atom stereocenters. The van der Waals surface area contributed by atoms with Crippen molar-refractivity contribution in [3.63, 3.8) is 0 Å². The second-order valence-corrected chi connectivity index (χ2v) is 7.85. The first-order chi connectivity index (χ1) is 11.8. The van der Waals surface area contributed by atoms with Crippen LogP contribution in [-0.2, 0) is 0 Å². The van der Waals surface area contributed by atoms with Crippen LogP contribution in [-0.4, -0.2) is 17.9 Å². The lowest BCUT2D eigenvalue weighted by molar-refractivity contribution is -0.274. The Morgan fingerprint density at radius 2 is 1.68 bits per heavy atom. The highest BCUT2D eigenvalue weighted by Gasteiger charge is 2.51. The lowest BCUT2D eigenvalue weighted by Crippen LogP contribution is -2.60. The average molecular weight is 354 g/mol. The van der Waals surface area contributed by atoms with Crippen molar-refractivity contribution in [1.29, 1.82) is 0 Å². The van der Waals surface area contributed by atoms with E-state index in [9.17, 15) is 18.0 Å². The molecule has 0 aliphatic heterocycles. The van der Waals surface area contributed by atoms with Crippen molar-refractivity contribution in [3.8, 4) is 5.75 Å². The summed E-state index contributed by atoms with van der Waals surface area (Å²) in [5.41, 5.74) is 0.141. The van der Waals surface area contributed by atoms with Gasteiger partial charge in [-0.2, -0.15) is 0 Å². The zero-order valence-electron chi connectivity index (χ0n) is 13.7. The summed E-state index contributed by atoms with van der Waals surface area (Å²) in [6.07, 6.45) is 2.13. The number of halogens is 3. The minimum atomic E-state index is -4.75. The van der Waals surface area contributed by atoms with E-state index in [2.05, 4.69) is 15.4 Å². The number of hydrogen-bond donors (Lipinski definition) is 2. The monoisotopic (exact) mass is 354 g/mol. The van der Waals surface area contributed by atoms with E-state index in [0.717, 1.165) is 19.3 Å². The van der Waals surface area contributed by atoms with Gasteiger partial charge in [0.1, 0.15) is 5.75 Å². The summed E-state index contributed by atoms with van der Waals surface area (Å²) >= 11 is 0. The standard InChI is InChI=1S/C18H21F3N2O2/c19-18(20,21)25-15-3-1-2-14(7-15)22-16(24)23-17-8-11-4-12(9-17)6-13(5-11)10-17/h1-3,7,11-13H,4-6,8-10H2,(H2,22,23,24). The summed E-state index contributed by atoms with van der Waals surface area (Å²) in [6.45, 7) is 0. The van der Waals surface area contributed by atoms with Crippen molar-refractivity contribution in [2.24, 2.45) is 17.8 Å². The number of alkyl halides is 3. The minimum absolute atomic E-state index is 0.140. The van der Waals surface area contributed by atoms with Crippen LogP contribution in [0, 0.1) is 17.8 Å². The smallest absolute Gasteiger partial charge is 0.406 e. The molecule has 0 radical (unpaired) electrons. The molecule has 136 valence electrons. The highest BCUT2D eigenvalue weighted by molar-refractivity contribution is 5.90. The molecule has 4 saturated carbocycles. The summed E-state index contributed by atoms with van der Waals surface area (Å²) < 4.78 is 40.8. The molecule has 0 aromatic heterocycles.